The molecule has 19 heavy (non-hydrogen) atoms. The molecule has 3 N–H and O–H groups in total. The molecule has 1 aliphatic carbocycles. The molecule has 0 spiro atoms. The number of amides is 2. The van der Waals surface area contributed by atoms with Gasteiger partial charge in [-0.15, -0.1) is 0 Å². The third kappa shape index (κ3) is 3.44. The number of hydrogen-bond acceptors (Lipinski definition) is 2. The summed E-state index contributed by atoms with van der Waals surface area (Å²) in [4.78, 5) is 13.7. The van der Waals surface area contributed by atoms with Crippen molar-refractivity contribution in [3.63, 3.8) is 0 Å². The van der Waals surface area contributed by atoms with Crippen molar-refractivity contribution < 1.29 is 9.18 Å². The molecule has 1 saturated carbocycles. The minimum absolute atomic E-state index is 0.187. The fourth-order valence-electron chi connectivity index (χ4n) is 2.42. The van der Waals surface area contributed by atoms with E-state index < -0.39 is 5.82 Å². The average molecular weight is 265 g/mol. The molecule has 1 fully saturated rings. The van der Waals surface area contributed by atoms with Gasteiger partial charge in [-0.05, 0) is 37.8 Å². The van der Waals surface area contributed by atoms with E-state index in [0.717, 1.165) is 25.7 Å². The lowest BCUT2D eigenvalue weighted by Gasteiger charge is -2.33. The number of nitrogens with zero attached hydrogens (tertiary/aromatic N) is 1. The summed E-state index contributed by atoms with van der Waals surface area (Å²) in [7, 11) is 1.75. The molecule has 5 heteroatoms. The van der Waals surface area contributed by atoms with Crippen molar-refractivity contribution in [2.75, 3.05) is 12.4 Å². The van der Waals surface area contributed by atoms with Gasteiger partial charge in [-0.1, -0.05) is 12.1 Å². The second kappa shape index (κ2) is 6.02. The minimum atomic E-state index is -0.421. The zero-order valence-corrected chi connectivity index (χ0v) is 11.1. The molecular formula is C14H20FN3O. The van der Waals surface area contributed by atoms with Crippen LogP contribution in [0.15, 0.2) is 24.3 Å². The zero-order valence-electron chi connectivity index (χ0n) is 11.1. The average Bonchev–Trinajstić information content (AvgIpc) is 2.41. The van der Waals surface area contributed by atoms with Crippen LogP contribution in [0.1, 0.15) is 25.7 Å². The number of urea groups is 1. The Hall–Kier alpha value is -1.62. The fraction of sp³-hybridized carbons (Fsp3) is 0.500. The molecule has 2 rings (SSSR count). The third-order valence-electron chi connectivity index (χ3n) is 3.72. The number of para-hydroxylation sites is 1. The lowest BCUT2D eigenvalue weighted by Crippen LogP contribution is -2.43. The number of carbonyl (C=O) groups is 1. The van der Waals surface area contributed by atoms with Crippen LogP contribution in [0.3, 0.4) is 0 Å². The number of hydrogen-bond donors (Lipinski definition) is 2. The molecule has 0 heterocycles. The summed E-state index contributed by atoms with van der Waals surface area (Å²) >= 11 is 0. The highest BCUT2D eigenvalue weighted by Gasteiger charge is 2.25. The first kappa shape index (κ1) is 13.8. The van der Waals surface area contributed by atoms with E-state index >= 15 is 0 Å². The molecule has 0 atom stereocenters. The van der Waals surface area contributed by atoms with E-state index in [4.69, 9.17) is 5.73 Å². The molecule has 104 valence electrons. The summed E-state index contributed by atoms with van der Waals surface area (Å²) in [5.41, 5.74) is 6.06. The standard InChI is InChI=1S/C14H20FN3O/c1-18(11-8-6-10(16)7-9-11)14(19)17-13-5-3-2-4-12(13)15/h2-5,10-11H,6-9,16H2,1H3,(H,17,19). The summed E-state index contributed by atoms with van der Waals surface area (Å²) in [6, 6.07) is 6.33. The van der Waals surface area contributed by atoms with Crippen molar-refractivity contribution in [2.45, 2.75) is 37.8 Å². The van der Waals surface area contributed by atoms with Crippen molar-refractivity contribution in [1.29, 1.82) is 0 Å². The van der Waals surface area contributed by atoms with Crippen molar-refractivity contribution >= 4 is 11.7 Å². The summed E-state index contributed by atoms with van der Waals surface area (Å²) in [6.45, 7) is 0. The largest absolute Gasteiger partial charge is 0.328 e. The van der Waals surface area contributed by atoms with Gasteiger partial charge in [0.05, 0.1) is 5.69 Å². The Bertz CT molecular complexity index is 444. The summed E-state index contributed by atoms with van der Waals surface area (Å²) in [5.74, 6) is -0.421. The van der Waals surface area contributed by atoms with Crippen LogP contribution in [0.4, 0.5) is 14.9 Å². The maximum atomic E-state index is 13.5. The van der Waals surface area contributed by atoms with Crippen molar-refractivity contribution in [3.8, 4) is 0 Å². The van der Waals surface area contributed by atoms with Crippen LogP contribution in [-0.2, 0) is 0 Å². The van der Waals surface area contributed by atoms with E-state index in [9.17, 15) is 9.18 Å². The van der Waals surface area contributed by atoms with Crippen LogP contribution in [0.25, 0.3) is 0 Å². The highest BCUT2D eigenvalue weighted by Crippen LogP contribution is 2.22. The van der Waals surface area contributed by atoms with Crippen LogP contribution in [-0.4, -0.2) is 30.1 Å². The summed E-state index contributed by atoms with van der Waals surface area (Å²) in [6.07, 6.45) is 3.68. The van der Waals surface area contributed by atoms with E-state index in [1.54, 1.807) is 30.1 Å². The normalized spacial score (nSPS) is 22.9. The van der Waals surface area contributed by atoms with Crippen LogP contribution in [0.5, 0.6) is 0 Å². The van der Waals surface area contributed by atoms with Crippen LogP contribution < -0.4 is 11.1 Å². The predicted molar refractivity (Wildman–Crippen MR) is 73.4 cm³/mol. The molecule has 0 aliphatic heterocycles. The van der Waals surface area contributed by atoms with E-state index in [1.165, 1.54) is 6.07 Å². The van der Waals surface area contributed by atoms with Gasteiger partial charge < -0.3 is 16.0 Å². The number of rotatable bonds is 2. The third-order valence-corrected chi connectivity index (χ3v) is 3.72. The quantitative estimate of drug-likeness (QED) is 0.863. The van der Waals surface area contributed by atoms with Crippen molar-refractivity contribution in [2.24, 2.45) is 5.73 Å². The number of nitrogens with two attached hydrogens (primary N) is 1. The Labute approximate surface area is 112 Å². The molecule has 0 bridgehead atoms. The van der Waals surface area contributed by atoms with Gasteiger partial charge in [-0.2, -0.15) is 0 Å². The van der Waals surface area contributed by atoms with Crippen LogP contribution in [0.2, 0.25) is 0 Å². The molecule has 0 radical (unpaired) electrons. The molecule has 1 aliphatic rings. The van der Waals surface area contributed by atoms with Crippen LogP contribution >= 0.6 is 0 Å². The van der Waals surface area contributed by atoms with Gasteiger partial charge in [0.15, 0.2) is 0 Å². The van der Waals surface area contributed by atoms with Gasteiger partial charge in [0, 0.05) is 19.1 Å². The number of halogens is 1. The Morgan fingerprint density at radius 1 is 1.32 bits per heavy atom. The van der Waals surface area contributed by atoms with E-state index in [0.29, 0.717) is 0 Å². The Kier molecular flexibility index (Phi) is 4.37. The molecule has 0 saturated heterocycles. The highest BCUT2D eigenvalue weighted by molar-refractivity contribution is 5.89. The first-order valence-corrected chi connectivity index (χ1v) is 6.62. The van der Waals surface area contributed by atoms with Gasteiger partial charge in [-0.3, -0.25) is 0 Å². The molecule has 1 aromatic rings. The Morgan fingerprint density at radius 3 is 2.58 bits per heavy atom. The van der Waals surface area contributed by atoms with Gasteiger partial charge >= 0.3 is 6.03 Å². The smallest absolute Gasteiger partial charge is 0.321 e. The summed E-state index contributed by atoms with van der Waals surface area (Å²) in [5, 5.41) is 2.60. The van der Waals surface area contributed by atoms with Gasteiger partial charge in [0.1, 0.15) is 5.82 Å². The molecular weight excluding hydrogens is 245 g/mol. The first-order chi connectivity index (χ1) is 9.08. The maximum Gasteiger partial charge on any atom is 0.321 e. The van der Waals surface area contributed by atoms with E-state index in [1.807, 2.05) is 0 Å². The van der Waals surface area contributed by atoms with Crippen molar-refractivity contribution in [3.05, 3.63) is 30.1 Å². The Balaban J connectivity index is 1.94. The number of carbonyl (C=O) groups excluding carboxylic acids is 1. The second-order valence-corrected chi connectivity index (χ2v) is 5.09. The first-order valence-electron chi connectivity index (χ1n) is 6.62. The SMILES string of the molecule is CN(C(=O)Nc1ccccc1F)C1CCC(N)CC1. The predicted octanol–water partition coefficient (Wildman–Crippen LogP) is 2.56. The lowest BCUT2D eigenvalue weighted by atomic mass is 9.91. The number of nitrogens with one attached hydrogen (secondary N) is 1. The Morgan fingerprint density at radius 2 is 1.95 bits per heavy atom. The topological polar surface area (TPSA) is 58.4 Å². The van der Waals surface area contributed by atoms with Crippen LogP contribution in [0, 0.1) is 5.82 Å². The molecule has 1 aromatic carbocycles. The van der Waals surface area contributed by atoms with Gasteiger partial charge in [-0.25, -0.2) is 9.18 Å². The molecule has 0 unspecified atom stereocenters. The minimum Gasteiger partial charge on any atom is -0.328 e. The second-order valence-electron chi connectivity index (χ2n) is 5.09. The number of benzene rings is 1. The van der Waals surface area contributed by atoms with E-state index in [-0.39, 0.29) is 23.8 Å². The van der Waals surface area contributed by atoms with Gasteiger partial charge in [0.25, 0.3) is 0 Å². The number of anilines is 1. The monoisotopic (exact) mass is 265 g/mol. The molecule has 2 amide bonds. The lowest BCUT2D eigenvalue weighted by molar-refractivity contribution is 0.182. The zero-order chi connectivity index (χ0) is 13.8. The molecule has 4 nitrogen and oxygen atoms in total. The fourth-order valence-corrected chi connectivity index (χ4v) is 2.42. The highest BCUT2D eigenvalue weighted by atomic mass is 19.1. The summed E-state index contributed by atoms with van der Waals surface area (Å²) < 4.78 is 13.5. The van der Waals surface area contributed by atoms with Gasteiger partial charge in [0.2, 0.25) is 0 Å². The van der Waals surface area contributed by atoms with E-state index in [2.05, 4.69) is 5.32 Å². The molecule has 0 aromatic heterocycles. The maximum absolute atomic E-state index is 13.5. The van der Waals surface area contributed by atoms with Crippen molar-refractivity contribution in [1.82, 2.24) is 4.90 Å².